The quantitative estimate of drug-likeness (QED) is 0.811. The summed E-state index contributed by atoms with van der Waals surface area (Å²) < 4.78 is 10.8. The number of aromatic nitrogens is 2. The van der Waals surface area contributed by atoms with Gasteiger partial charge in [-0.25, -0.2) is 9.97 Å². The number of rotatable bonds is 7. The van der Waals surface area contributed by atoms with Crippen molar-refractivity contribution in [3.63, 3.8) is 0 Å². The van der Waals surface area contributed by atoms with E-state index in [0.717, 1.165) is 31.4 Å². The smallest absolute Gasteiger partial charge is 0.216 e. The average molecular weight is 265 g/mol. The molecule has 5 nitrogen and oxygen atoms in total. The maximum absolute atomic E-state index is 5.69. The third-order valence-corrected chi connectivity index (χ3v) is 4.09. The summed E-state index contributed by atoms with van der Waals surface area (Å²) in [5.74, 6) is 0.616. The minimum absolute atomic E-state index is 0.0742. The summed E-state index contributed by atoms with van der Waals surface area (Å²) >= 11 is 0. The molecule has 0 amide bonds. The van der Waals surface area contributed by atoms with Crippen molar-refractivity contribution in [3.8, 4) is 5.88 Å². The topological polar surface area (TPSA) is 56.3 Å². The fraction of sp³-hybridized carbons (Fsp3) is 0.714. The molecule has 0 aliphatic heterocycles. The second-order valence-electron chi connectivity index (χ2n) is 5.19. The Morgan fingerprint density at radius 1 is 1.37 bits per heavy atom. The molecule has 0 radical (unpaired) electrons. The lowest BCUT2D eigenvalue weighted by Gasteiger charge is -2.42. The zero-order chi connectivity index (χ0) is 13.7. The van der Waals surface area contributed by atoms with Gasteiger partial charge in [0.05, 0.1) is 12.7 Å². The highest BCUT2D eigenvalue weighted by molar-refractivity contribution is 5.14. The summed E-state index contributed by atoms with van der Waals surface area (Å²) in [4.78, 5) is 8.33. The van der Waals surface area contributed by atoms with Crippen LogP contribution in [0.25, 0.3) is 0 Å². The Morgan fingerprint density at radius 3 is 2.68 bits per heavy atom. The maximum atomic E-state index is 5.69. The Balaban J connectivity index is 1.98. The van der Waals surface area contributed by atoms with Gasteiger partial charge in [-0.15, -0.1) is 0 Å². The molecule has 5 heteroatoms. The molecule has 1 aliphatic rings. The summed E-state index contributed by atoms with van der Waals surface area (Å²) in [6, 6.07) is 2.25. The summed E-state index contributed by atoms with van der Waals surface area (Å²) in [6.45, 7) is 0. The molecule has 2 rings (SSSR count). The number of nitrogens with zero attached hydrogens (tertiary/aromatic N) is 2. The molecule has 1 fully saturated rings. The zero-order valence-corrected chi connectivity index (χ0v) is 12.0. The highest BCUT2D eigenvalue weighted by Crippen LogP contribution is 2.39. The predicted octanol–water partition coefficient (Wildman–Crippen LogP) is 1.57. The molecule has 1 N–H and O–H groups in total. The molecule has 0 bridgehead atoms. The molecule has 1 atom stereocenters. The monoisotopic (exact) mass is 265 g/mol. The van der Waals surface area contributed by atoms with Gasteiger partial charge in [0.15, 0.2) is 0 Å². The molecule has 0 spiro atoms. The van der Waals surface area contributed by atoms with E-state index in [1.165, 1.54) is 6.42 Å². The lowest BCUT2D eigenvalue weighted by atomic mass is 9.75. The Morgan fingerprint density at radius 2 is 2.16 bits per heavy atom. The molecule has 19 heavy (non-hydrogen) atoms. The first-order valence-electron chi connectivity index (χ1n) is 6.79. The standard InChI is InChI=1S/C14H23N3O2/c1-15-12(9-14(19-3)5-4-6-14)7-11-8-13(18-2)17-10-16-11/h8,10,12,15H,4-7,9H2,1-3H3. The first-order valence-corrected chi connectivity index (χ1v) is 6.79. The van der Waals surface area contributed by atoms with Crippen LogP contribution in [0.5, 0.6) is 5.88 Å². The van der Waals surface area contributed by atoms with Crippen LogP contribution in [0.2, 0.25) is 0 Å². The van der Waals surface area contributed by atoms with Gasteiger partial charge in [0, 0.05) is 31.3 Å². The number of nitrogens with one attached hydrogen (secondary N) is 1. The largest absolute Gasteiger partial charge is 0.481 e. The Kier molecular flexibility index (Phi) is 4.71. The number of hydrogen-bond acceptors (Lipinski definition) is 5. The fourth-order valence-electron chi connectivity index (χ4n) is 2.64. The lowest BCUT2D eigenvalue weighted by molar-refractivity contribution is -0.0830. The summed E-state index contributed by atoms with van der Waals surface area (Å²) in [6.07, 6.45) is 7.03. The molecular weight excluding hydrogens is 242 g/mol. The van der Waals surface area contributed by atoms with Crippen molar-refractivity contribution >= 4 is 0 Å². The van der Waals surface area contributed by atoms with Crippen LogP contribution in [0.3, 0.4) is 0 Å². The number of methoxy groups -OCH3 is 2. The van der Waals surface area contributed by atoms with Crippen molar-refractivity contribution in [3.05, 3.63) is 18.1 Å². The van der Waals surface area contributed by atoms with Gasteiger partial charge in [-0.3, -0.25) is 0 Å². The van der Waals surface area contributed by atoms with Gasteiger partial charge in [0.2, 0.25) is 5.88 Å². The highest BCUT2D eigenvalue weighted by atomic mass is 16.5. The first-order chi connectivity index (χ1) is 9.21. The molecule has 1 saturated carbocycles. The van der Waals surface area contributed by atoms with Gasteiger partial charge in [-0.05, 0) is 32.7 Å². The van der Waals surface area contributed by atoms with Crippen molar-refractivity contribution in [1.82, 2.24) is 15.3 Å². The Labute approximate surface area is 114 Å². The normalized spacial score (nSPS) is 18.7. The van der Waals surface area contributed by atoms with Gasteiger partial charge >= 0.3 is 0 Å². The van der Waals surface area contributed by atoms with Crippen molar-refractivity contribution < 1.29 is 9.47 Å². The van der Waals surface area contributed by atoms with Crippen LogP contribution in [-0.2, 0) is 11.2 Å². The minimum atomic E-state index is 0.0742. The van der Waals surface area contributed by atoms with Crippen LogP contribution in [0, 0.1) is 0 Å². The number of ether oxygens (including phenoxy) is 2. The maximum Gasteiger partial charge on any atom is 0.216 e. The molecule has 106 valence electrons. The van der Waals surface area contributed by atoms with Crippen LogP contribution >= 0.6 is 0 Å². The van der Waals surface area contributed by atoms with Crippen LogP contribution in [0.4, 0.5) is 0 Å². The second kappa shape index (κ2) is 6.30. The van der Waals surface area contributed by atoms with E-state index in [1.54, 1.807) is 13.4 Å². The van der Waals surface area contributed by atoms with E-state index in [9.17, 15) is 0 Å². The van der Waals surface area contributed by atoms with Gasteiger partial charge in [-0.2, -0.15) is 0 Å². The number of hydrogen-bond donors (Lipinski definition) is 1. The van der Waals surface area contributed by atoms with Crippen LogP contribution in [-0.4, -0.2) is 42.9 Å². The van der Waals surface area contributed by atoms with E-state index in [4.69, 9.17) is 9.47 Å². The SMILES string of the molecule is CNC(Cc1cc(OC)ncn1)CC1(OC)CCC1. The van der Waals surface area contributed by atoms with Gasteiger partial charge in [0.1, 0.15) is 6.33 Å². The summed E-state index contributed by atoms with van der Waals surface area (Å²) in [5, 5.41) is 3.37. The molecule has 0 saturated heterocycles. The van der Waals surface area contributed by atoms with Crippen molar-refractivity contribution in [2.75, 3.05) is 21.3 Å². The minimum Gasteiger partial charge on any atom is -0.481 e. The fourth-order valence-corrected chi connectivity index (χ4v) is 2.64. The van der Waals surface area contributed by atoms with E-state index in [-0.39, 0.29) is 5.60 Å². The molecule has 1 heterocycles. The van der Waals surface area contributed by atoms with E-state index in [1.807, 2.05) is 20.2 Å². The third-order valence-electron chi connectivity index (χ3n) is 4.09. The van der Waals surface area contributed by atoms with Crippen LogP contribution < -0.4 is 10.1 Å². The van der Waals surface area contributed by atoms with E-state index < -0.39 is 0 Å². The van der Waals surface area contributed by atoms with Crippen LogP contribution in [0.1, 0.15) is 31.4 Å². The van der Waals surface area contributed by atoms with Crippen molar-refractivity contribution in [2.24, 2.45) is 0 Å². The average Bonchev–Trinajstić information content (AvgIpc) is 2.41. The Hall–Kier alpha value is -1.20. The molecule has 1 aliphatic carbocycles. The summed E-state index contributed by atoms with van der Waals surface area (Å²) in [7, 11) is 5.43. The molecule has 1 aromatic heterocycles. The second-order valence-corrected chi connectivity index (χ2v) is 5.19. The van der Waals surface area contributed by atoms with Crippen molar-refractivity contribution in [2.45, 2.75) is 43.7 Å². The first kappa shape index (κ1) is 14.2. The molecular formula is C14H23N3O2. The van der Waals surface area contributed by atoms with Crippen LogP contribution in [0.15, 0.2) is 12.4 Å². The van der Waals surface area contributed by atoms with Gasteiger partial charge < -0.3 is 14.8 Å². The summed E-state index contributed by atoms with van der Waals surface area (Å²) in [5.41, 5.74) is 1.07. The Bertz CT molecular complexity index is 402. The molecule has 1 aromatic rings. The zero-order valence-electron chi connectivity index (χ0n) is 12.0. The van der Waals surface area contributed by atoms with Crippen molar-refractivity contribution in [1.29, 1.82) is 0 Å². The number of likely N-dealkylation sites (N-methyl/N-ethyl adjacent to an activating group) is 1. The van der Waals surface area contributed by atoms with E-state index in [2.05, 4.69) is 15.3 Å². The van der Waals surface area contributed by atoms with E-state index in [0.29, 0.717) is 11.9 Å². The molecule has 1 unspecified atom stereocenters. The third kappa shape index (κ3) is 3.42. The predicted molar refractivity (Wildman–Crippen MR) is 73.3 cm³/mol. The van der Waals surface area contributed by atoms with E-state index >= 15 is 0 Å². The van der Waals surface area contributed by atoms with Gasteiger partial charge in [0.25, 0.3) is 0 Å². The highest BCUT2D eigenvalue weighted by Gasteiger charge is 2.38. The van der Waals surface area contributed by atoms with Gasteiger partial charge in [-0.1, -0.05) is 0 Å². The lowest BCUT2D eigenvalue weighted by Crippen LogP contribution is -2.45. The molecule has 0 aromatic carbocycles.